The molecule has 0 bridgehead atoms. The highest BCUT2D eigenvalue weighted by molar-refractivity contribution is 6.03. The molecule has 0 atom stereocenters. The van der Waals surface area contributed by atoms with Crippen molar-refractivity contribution in [3.63, 3.8) is 0 Å². The topological polar surface area (TPSA) is 95.1 Å². The lowest BCUT2D eigenvalue weighted by molar-refractivity contribution is 0.0670. The number of carboxylic acids is 1. The van der Waals surface area contributed by atoms with Crippen LogP contribution in [0.25, 0.3) is 5.65 Å². The number of carbonyl (C=O) groups is 2. The number of aromatic hydroxyl groups is 1. The van der Waals surface area contributed by atoms with E-state index >= 15 is 0 Å². The average Bonchev–Trinajstić information content (AvgIpc) is 2.81. The van der Waals surface area contributed by atoms with E-state index in [-0.39, 0.29) is 22.8 Å². The summed E-state index contributed by atoms with van der Waals surface area (Å²) in [7, 11) is 0. The van der Waals surface area contributed by atoms with Crippen LogP contribution in [-0.2, 0) is 0 Å². The van der Waals surface area contributed by atoms with Crippen LogP contribution in [0.15, 0.2) is 18.3 Å². The molecule has 2 N–H and O–H groups in total. The van der Waals surface area contributed by atoms with Gasteiger partial charge in [0.15, 0.2) is 22.8 Å². The minimum Gasteiger partial charge on any atom is -0.504 e. The van der Waals surface area contributed by atoms with E-state index in [1.165, 1.54) is 27.6 Å². The van der Waals surface area contributed by atoms with Crippen LogP contribution in [0.3, 0.4) is 0 Å². The molecule has 0 aliphatic heterocycles. The minimum atomic E-state index is -1.27. The molecule has 2 aromatic rings. The first-order valence-corrected chi connectivity index (χ1v) is 6.23. The Morgan fingerprint density at radius 3 is 2.55 bits per heavy atom. The lowest BCUT2D eigenvalue weighted by Gasteiger charge is -2.17. The largest absolute Gasteiger partial charge is 0.504 e. The number of rotatable bonds is 4. The predicted molar refractivity (Wildman–Crippen MR) is 71.1 cm³/mol. The van der Waals surface area contributed by atoms with Crippen LogP contribution in [0, 0.1) is 0 Å². The first kappa shape index (κ1) is 13.9. The second kappa shape index (κ2) is 5.20. The fourth-order valence-electron chi connectivity index (χ4n) is 2.07. The summed E-state index contributed by atoms with van der Waals surface area (Å²) in [6.07, 6.45) is 1.45. The van der Waals surface area contributed by atoms with Gasteiger partial charge in [0.1, 0.15) is 0 Å². The van der Waals surface area contributed by atoms with Crippen molar-refractivity contribution in [1.29, 1.82) is 0 Å². The van der Waals surface area contributed by atoms with Gasteiger partial charge in [-0.05, 0) is 26.0 Å². The molecule has 2 rings (SSSR count). The van der Waals surface area contributed by atoms with E-state index in [0.29, 0.717) is 13.1 Å². The Morgan fingerprint density at radius 2 is 2.00 bits per heavy atom. The van der Waals surface area contributed by atoms with Gasteiger partial charge in [-0.2, -0.15) is 0 Å². The van der Waals surface area contributed by atoms with Gasteiger partial charge in [0.05, 0.1) is 0 Å². The fraction of sp³-hybridized carbons (Fsp3) is 0.308. The number of nitrogens with zero attached hydrogens (tertiary/aromatic N) is 3. The van der Waals surface area contributed by atoms with Gasteiger partial charge in [-0.15, -0.1) is 0 Å². The molecule has 106 valence electrons. The highest BCUT2D eigenvalue weighted by atomic mass is 16.4. The highest BCUT2D eigenvalue weighted by Gasteiger charge is 2.27. The summed E-state index contributed by atoms with van der Waals surface area (Å²) in [5.74, 6) is -1.90. The summed E-state index contributed by atoms with van der Waals surface area (Å²) in [5, 5.41) is 19.0. The van der Waals surface area contributed by atoms with Gasteiger partial charge >= 0.3 is 5.97 Å². The molecule has 2 aromatic heterocycles. The molecule has 1 amide bonds. The third-order valence-corrected chi connectivity index (χ3v) is 3.09. The Balaban J connectivity index is 2.70. The Morgan fingerprint density at radius 1 is 1.35 bits per heavy atom. The van der Waals surface area contributed by atoms with Gasteiger partial charge in [-0.3, -0.25) is 9.20 Å². The zero-order valence-corrected chi connectivity index (χ0v) is 11.2. The zero-order chi connectivity index (χ0) is 14.9. The van der Waals surface area contributed by atoms with Crippen LogP contribution in [-0.4, -0.2) is 49.5 Å². The van der Waals surface area contributed by atoms with E-state index in [2.05, 4.69) is 4.98 Å². The summed E-state index contributed by atoms with van der Waals surface area (Å²) in [4.78, 5) is 29.2. The summed E-state index contributed by atoms with van der Waals surface area (Å²) >= 11 is 0. The molecular weight excluding hydrogens is 262 g/mol. The van der Waals surface area contributed by atoms with Gasteiger partial charge in [0.25, 0.3) is 5.91 Å². The smallest absolute Gasteiger partial charge is 0.355 e. The van der Waals surface area contributed by atoms with Gasteiger partial charge in [0.2, 0.25) is 0 Å². The maximum Gasteiger partial charge on any atom is 0.355 e. The van der Waals surface area contributed by atoms with Crippen LogP contribution in [0.4, 0.5) is 0 Å². The summed E-state index contributed by atoms with van der Waals surface area (Å²) < 4.78 is 1.20. The fourth-order valence-corrected chi connectivity index (χ4v) is 2.07. The standard InChI is InChI=1S/C13H15N3O4/c1-3-15(4-2)12(18)9-10(13(19)20)16-7-5-6-8(17)11(16)14-9/h5-7,17H,3-4H2,1-2H3,(H,19,20). The Labute approximate surface area is 115 Å². The monoisotopic (exact) mass is 277 g/mol. The van der Waals surface area contributed by atoms with Crippen molar-refractivity contribution in [2.24, 2.45) is 0 Å². The molecule has 0 radical (unpaired) electrons. The summed E-state index contributed by atoms with van der Waals surface area (Å²) in [6, 6.07) is 2.88. The van der Waals surface area contributed by atoms with Gasteiger partial charge in [0, 0.05) is 19.3 Å². The van der Waals surface area contributed by atoms with Gasteiger partial charge in [-0.25, -0.2) is 9.78 Å². The van der Waals surface area contributed by atoms with E-state index in [1.54, 1.807) is 13.8 Å². The lowest BCUT2D eigenvalue weighted by atomic mass is 10.2. The van der Waals surface area contributed by atoms with Crippen LogP contribution < -0.4 is 0 Å². The number of amides is 1. The maximum atomic E-state index is 12.3. The van der Waals surface area contributed by atoms with Gasteiger partial charge in [-0.1, -0.05) is 0 Å². The summed E-state index contributed by atoms with van der Waals surface area (Å²) in [5.41, 5.74) is -0.351. The molecule has 20 heavy (non-hydrogen) atoms. The van der Waals surface area contributed by atoms with E-state index < -0.39 is 11.9 Å². The molecule has 2 heterocycles. The Hall–Kier alpha value is -2.57. The first-order chi connectivity index (χ1) is 9.51. The van der Waals surface area contributed by atoms with Crippen LogP contribution in [0.5, 0.6) is 5.75 Å². The van der Waals surface area contributed by atoms with Crippen LogP contribution >= 0.6 is 0 Å². The average molecular weight is 277 g/mol. The predicted octanol–water partition coefficient (Wildman–Crippen LogP) is 1.22. The highest BCUT2D eigenvalue weighted by Crippen LogP contribution is 2.22. The van der Waals surface area contributed by atoms with Crippen LogP contribution in [0.1, 0.15) is 34.8 Å². The SMILES string of the molecule is CCN(CC)C(=O)c1nc2c(O)cccn2c1C(=O)O. The second-order valence-electron chi connectivity index (χ2n) is 4.18. The number of hydrogen-bond acceptors (Lipinski definition) is 4. The number of imidazole rings is 1. The number of aromatic carboxylic acids is 1. The lowest BCUT2D eigenvalue weighted by Crippen LogP contribution is -2.32. The van der Waals surface area contributed by atoms with Crippen molar-refractivity contribution in [3.05, 3.63) is 29.7 Å². The van der Waals surface area contributed by atoms with Crippen molar-refractivity contribution in [3.8, 4) is 5.75 Å². The number of pyridine rings is 1. The zero-order valence-electron chi connectivity index (χ0n) is 11.2. The molecular formula is C13H15N3O4. The number of hydrogen-bond donors (Lipinski definition) is 2. The van der Waals surface area contributed by atoms with Crippen molar-refractivity contribution < 1.29 is 19.8 Å². The second-order valence-corrected chi connectivity index (χ2v) is 4.18. The normalized spacial score (nSPS) is 10.7. The molecule has 0 fully saturated rings. The Bertz CT molecular complexity index is 674. The number of carbonyl (C=O) groups excluding carboxylic acids is 1. The van der Waals surface area contributed by atoms with Crippen molar-refractivity contribution in [2.75, 3.05) is 13.1 Å². The molecule has 7 nitrogen and oxygen atoms in total. The summed E-state index contributed by atoms with van der Waals surface area (Å²) in [6.45, 7) is 4.51. The Kier molecular flexibility index (Phi) is 3.60. The molecule has 0 saturated heterocycles. The molecule has 0 aliphatic rings. The van der Waals surface area contributed by atoms with Crippen molar-refractivity contribution >= 4 is 17.5 Å². The number of carboxylic acid groups (broad SMARTS) is 1. The third-order valence-electron chi connectivity index (χ3n) is 3.09. The molecule has 0 aromatic carbocycles. The van der Waals surface area contributed by atoms with E-state index in [0.717, 1.165) is 0 Å². The van der Waals surface area contributed by atoms with E-state index in [1.807, 2.05) is 0 Å². The minimum absolute atomic E-state index is 0.0559. The third kappa shape index (κ3) is 2.07. The molecule has 0 saturated carbocycles. The molecule has 0 spiro atoms. The molecule has 0 unspecified atom stereocenters. The maximum absolute atomic E-state index is 12.3. The number of aromatic nitrogens is 2. The molecule has 0 aliphatic carbocycles. The number of fused-ring (bicyclic) bond motifs is 1. The quantitative estimate of drug-likeness (QED) is 0.876. The van der Waals surface area contributed by atoms with Gasteiger partial charge < -0.3 is 15.1 Å². The first-order valence-electron chi connectivity index (χ1n) is 6.23. The van der Waals surface area contributed by atoms with Crippen molar-refractivity contribution in [1.82, 2.24) is 14.3 Å². The van der Waals surface area contributed by atoms with E-state index in [4.69, 9.17) is 0 Å². The van der Waals surface area contributed by atoms with E-state index in [9.17, 15) is 19.8 Å². The van der Waals surface area contributed by atoms with Crippen molar-refractivity contribution in [2.45, 2.75) is 13.8 Å². The van der Waals surface area contributed by atoms with Crippen LogP contribution in [0.2, 0.25) is 0 Å². The molecule has 7 heteroatoms.